The third-order valence-corrected chi connectivity index (χ3v) is 10.1. The first-order chi connectivity index (χ1) is 17.4. The van der Waals surface area contributed by atoms with Crippen LogP contribution in [0.4, 0.5) is 11.4 Å². The number of rotatable bonds is 5. The minimum Gasteiger partial charge on any atom is -0.342 e. The average molecular weight is 495 g/mol. The van der Waals surface area contributed by atoms with Crippen LogP contribution in [0.15, 0.2) is 54.1 Å². The first kappa shape index (κ1) is 22.4. The van der Waals surface area contributed by atoms with Crippen LogP contribution in [0.5, 0.6) is 0 Å². The predicted octanol–water partition coefficient (Wildman–Crippen LogP) is 7.54. The number of carbonyl (C=O) groups is 1. The van der Waals surface area contributed by atoms with Crippen molar-refractivity contribution >= 4 is 34.1 Å². The van der Waals surface area contributed by atoms with Crippen LogP contribution in [0.2, 0.25) is 0 Å². The number of fused-ring (bicyclic) bond motifs is 3. The van der Waals surface area contributed by atoms with E-state index in [-0.39, 0.29) is 6.17 Å². The fraction of sp³-hybridized carbons (Fsp3) is 0.406. The molecule has 0 bridgehead atoms. The molecule has 184 valence electrons. The van der Waals surface area contributed by atoms with Gasteiger partial charge in [-0.1, -0.05) is 36.4 Å². The maximum absolute atomic E-state index is 13.8. The highest BCUT2D eigenvalue weighted by molar-refractivity contribution is 7.15. The second-order valence-electron chi connectivity index (χ2n) is 11.4. The summed E-state index contributed by atoms with van der Waals surface area (Å²) in [6.45, 7) is 9.34. The number of aryl methyl sites for hydroxylation is 2. The van der Waals surface area contributed by atoms with E-state index in [2.05, 4.69) is 86.0 Å². The number of carbonyl (C=O) groups excluding carboxylic acids is 1. The average Bonchev–Trinajstić information content (AvgIpc) is 3.79. The van der Waals surface area contributed by atoms with Gasteiger partial charge in [0.15, 0.2) is 5.78 Å². The molecule has 1 aromatic heterocycles. The fourth-order valence-electron chi connectivity index (χ4n) is 6.79. The summed E-state index contributed by atoms with van der Waals surface area (Å²) < 4.78 is 0. The van der Waals surface area contributed by atoms with E-state index in [0.717, 1.165) is 17.4 Å². The number of anilines is 2. The van der Waals surface area contributed by atoms with Crippen molar-refractivity contribution in [2.45, 2.75) is 65.6 Å². The Kier molecular flexibility index (Phi) is 5.02. The molecule has 3 fully saturated rings. The van der Waals surface area contributed by atoms with Crippen molar-refractivity contribution in [3.05, 3.63) is 75.7 Å². The maximum atomic E-state index is 13.8. The van der Waals surface area contributed by atoms with Gasteiger partial charge in [-0.15, -0.1) is 11.3 Å². The number of hydrogen-bond donors (Lipinski definition) is 0. The Morgan fingerprint density at radius 1 is 0.972 bits per heavy atom. The summed E-state index contributed by atoms with van der Waals surface area (Å²) >= 11 is 1.84. The molecule has 0 amide bonds. The van der Waals surface area contributed by atoms with Crippen LogP contribution in [0.1, 0.15) is 54.2 Å². The molecule has 36 heavy (non-hydrogen) atoms. The Labute approximate surface area is 218 Å². The number of hydrogen-bond acceptors (Lipinski definition) is 4. The molecule has 4 aliphatic rings. The van der Waals surface area contributed by atoms with Crippen LogP contribution < -0.4 is 9.80 Å². The zero-order chi connectivity index (χ0) is 24.7. The van der Waals surface area contributed by atoms with E-state index in [0.29, 0.717) is 18.4 Å². The molecular formula is C32H34N2OS. The van der Waals surface area contributed by atoms with E-state index in [4.69, 9.17) is 0 Å². The molecule has 3 heterocycles. The SMILES string of the molecule is CC(=C1C(=O)CN2c3c(ccc(C)c3C)N(C(C3CC3)C3CC3)C12)c1cc(-c2ccccc2)sc1C. The van der Waals surface area contributed by atoms with E-state index < -0.39 is 0 Å². The van der Waals surface area contributed by atoms with Crippen LogP contribution in [-0.2, 0) is 4.79 Å². The molecule has 3 aromatic rings. The van der Waals surface area contributed by atoms with Gasteiger partial charge in [-0.25, -0.2) is 0 Å². The molecule has 2 aliphatic heterocycles. The van der Waals surface area contributed by atoms with Crippen molar-refractivity contribution in [3.63, 3.8) is 0 Å². The Morgan fingerprint density at radius 2 is 1.67 bits per heavy atom. The zero-order valence-electron chi connectivity index (χ0n) is 21.7. The van der Waals surface area contributed by atoms with Gasteiger partial charge in [0, 0.05) is 21.4 Å². The van der Waals surface area contributed by atoms with Crippen LogP contribution in [0, 0.1) is 32.6 Å². The minimum atomic E-state index is 0.0266. The van der Waals surface area contributed by atoms with Gasteiger partial charge >= 0.3 is 0 Å². The molecule has 1 saturated heterocycles. The summed E-state index contributed by atoms with van der Waals surface area (Å²) in [5.41, 5.74) is 9.98. The summed E-state index contributed by atoms with van der Waals surface area (Å²) in [5, 5.41) is 0. The molecule has 2 aromatic carbocycles. The summed E-state index contributed by atoms with van der Waals surface area (Å²) in [7, 11) is 0. The number of benzene rings is 2. The lowest BCUT2D eigenvalue weighted by Crippen LogP contribution is -2.48. The summed E-state index contributed by atoms with van der Waals surface area (Å²) in [6, 6.07) is 18.1. The highest BCUT2D eigenvalue weighted by Gasteiger charge is 2.55. The first-order valence-electron chi connectivity index (χ1n) is 13.5. The zero-order valence-corrected chi connectivity index (χ0v) is 22.5. The lowest BCUT2D eigenvalue weighted by Gasteiger charge is -2.36. The third kappa shape index (κ3) is 3.33. The molecule has 0 N–H and O–H groups in total. The normalized spacial score (nSPS) is 22.5. The molecule has 2 saturated carbocycles. The predicted molar refractivity (Wildman–Crippen MR) is 151 cm³/mol. The van der Waals surface area contributed by atoms with Crippen LogP contribution in [0.3, 0.4) is 0 Å². The highest BCUT2D eigenvalue weighted by Crippen LogP contribution is 2.56. The topological polar surface area (TPSA) is 23.6 Å². The van der Waals surface area contributed by atoms with Crippen molar-refractivity contribution in [1.82, 2.24) is 0 Å². The number of Topliss-reactive ketones (excluding diaryl/α,β-unsaturated/α-hetero) is 1. The van der Waals surface area contributed by atoms with Gasteiger partial charge in [-0.3, -0.25) is 4.79 Å². The van der Waals surface area contributed by atoms with Crippen molar-refractivity contribution in [1.29, 1.82) is 0 Å². The molecule has 1 atom stereocenters. The third-order valence-electron chi connectivity index (χ3n) is 8.99. The highest BCUT2D eigenvalue weighted by atomic mass is 32.1. The number of allylic oxidation sites excluding steroid dienone is 1. The lowest BCUT2D eigenvalue weighted by atomic mass is 9.95. The fourth-order valence-corrected chi connectivity index (χ4v) is 7.87. The van der Waals surface area contributed by atoms with Crippen LogP contribution in [0.25, 0.3) is 16.0 Å². The second kappa shape index (κ2) is 8.08. The maximum Gasteiger partial charge on any atom is 0.182 e. The molecular weight excluding hydrogens is 460 g/mol. The van der Waals surface area contributed by atoms with Crippen LogP contribution >= 0.6 is 11.3 Å². The van der Waals surface area contributed by atoms with Gasteiger partial charge in [0.25, 0.3) is 0 Å². The van der Waals surface area contributed by atoms with E-state index in [1.807, 2.05) is 11.3 Å². The van der Waals surface area contributed by atoms with E-state index in [1.165, 1.54) is 74.6 Å². The number of nitrogens with zero attached hydrogens (tertiary/aromatic N) is 2. The molecule has 2 aliphatic carbocycles. The van der Waals surface area contributed by atoms with Crippen molar-refractivity contribution in [2.75, 3.05) is 16.3 Å². The Bertz CT molecular complexity index is 1400. The standard InChI is InChI=1S/C32H34N2OS/c1-18-10-15-26-30(19(18)2)33-17-27(35)29(32(33)34(26)31(23-11-12-23)24-13-14-24)20(3)25-16-28(36-21(25)4)22-8-6-5-7-9-22/h5-10,15-16,23-24,31-32H,11-14,17H2,1-4H3. The Hall–Kier alpha value is -2.85. The van der Waals surface area contributed by atoms with Gasteiger partial charge < -0.3 is 9.80 Å². The molecule has 7 rings (SSSR count). The molecule has 0 spiro atoms. The Balaban J connectivity index is 1.39. The number of ketones is 1. The van der Waals surface area contributed by atoms with E-state index >= 15 is 0 Å². The smallest absolute Gasteiger partial charge is 0.182 e. The summed E-state index contributed by atoms with van der Waals surface area (Å²) in [5.74, 6) is 1.85. The van der Waals surface area contributed by atoms with E-state index in [1.54, 1.807) is 0 Å². The van der Waals surface area contributed by atoms with Crippen molar-refractivity contribution in [3.8, 4) is 10.4 Å². The van der Waals surface area contributed by atoms with Gasteiger partial charge in [0.2, 0.25) is 0 Å². The van der Waals surface area contributed by atoms with Crippen LogP contribution in [-0.4, -0.2) is 24.5 Å². The molecule has 0 radical (unpaired) electrons. The van der Waals surface area contributed by atoms with Gasteiger partial charge in [-0.05, 0) is 105 Å². The summed E-state index contributed by atoms with van der Waals surface area (Å²) in [4.78, 5) is 21.5. The van der Waals surface area contributed by atoms with Crippen molar-refractivity contribution < 1.29 is 4.79 Å². The quantitative estimate of drug-likeness (QED) is 0.342. The monoisotopic (exact) mass is 494 g/mol. The van der Waals surface area contributed by atoms with Crippen molar-refractivity contribution in [2.24, 2.45) is 11.8 Å². The Morgan fingerprint density at radius 3 is 2.33 bits per heavy atom. The van der Waals surface area contributed by atoms with Gasteiger partial charge in [0.05, 0.1) is 17.9 Å². The summed E-state index contributed by atoms with van der Waals surface area (Å²) in [6.07, 6.45) is 5.36. The number of thiophene rings is 1. The van der Waals surface area contributed by atoms with Gasteiger partial charge in [-0.2, -0.15) is 0 Å². The first-order valence-corrected chi connectivity index (χ1v) is 14.3. The molecule has 1 unspecified atom stereocenters. The van der Waals surface area contributed by atoms with E-state index in [9.17, 15) is 4.79 Å². The molecule has 4 heteroatoms. The van der Waals surface area contributed by atoms with Gasteiger partial charge in [0.1, 0.15) is 6.17 Å². The lowest BCUT2D eigenvalue weighted by molar-refractivity contribution is -0.113. The second-order valence-corrected chi connectivity index (χ2v) is 12.6. The molecule has 3 nitrogen and oxygen atoms in total. The largest absolute Gasteiger partial charge is 0.342 e. The minimum absolute atomic E-state index is 0.0266.